The molecule has 32 heavy (non-hydrogen) atoms. The number of hydrogen-bond donors (Lipinski definition) is 1. The third-order valence-corrected chi connectivity index (χ3v) is 8.38. The Balaban J connectivity index is 1.40. The van der Waals surface area contributed by atoms with Crippen molar-refractivity contribution in [2.75, 3.05) is 46.1 Å². The van der Waals surface area contributed by atoms with Crippen LogP contribution in [0, 0.1) is 0 Å². The van der Waals surface area contributed by atoms with E-state index in [0.717, 1.165) is 6.42 Å². The fourth-order valence-corrected chi connectivity index (χ4v) is 5.74. The summed E-state index contributed by atoms with van der Waals surface area (Å²) in [5.74, 6) is 0.779. The van der Waals surface area contributed by atoms with Crippen LogP contribution in [-0.4, -0.2) is 86.1 Å². The Morgan fingerprint density at radius 3 is 2.28 bits per heavy atom. The first-order valence-corrected chi connectivity index (χ1v) is 12.5. The summed E-state index contributed by atoms with van der Waals surface area (Å²) in [5, 5.41) is 2.82. The molecular weight excluding hydrogens is 436 g/mol. The highest BCUT2D eigenvalue weighted by Crippen LogP contribution is 2.33. The number of fused-ring (bicyclic) bond motifs is 1. The van der Waals surface area contributed by atoms with Crippen LogP contribution >= 0.6 is 0 Å². The fourth-order valence-electron chi connectivity index (χ4n) is 4.30. The van der Waals surface area contributed by atoms with Gasteiger partial charge in [-0.2, -0.15) is 4.31 Å². The summed E-state index contributed by atoms with van der Waals surface area (Å²) in [6.07, 6.45) is 1.81. The molecule has 11 heteroatoms. The smallest absolute Gasteiger partial charge is 0.326 e. The van der Waals surface area contributed by atoms with Gasteiger partial charge in [-0.05, 0) is 25.0 Å². The highest BCUT2D eigenvalue weighted by Gasteiger charge is 2.49. The number of ether oxygens (including phenoxy) is 2. The van der Waals surface area contributed by atoms with Gasteiger partial charge in [0.05, 0.1) is 24.8 Å². The van der Waals surface area contributed by atoms with Crippen molar-refractivity contribution in [3.63, 3.8) is 0 Å². The molecule has 3 aliphatic heterocycles. The summed E-state index contributed by atoms with van der Waals surface area (Å²) >= 11 is 0. The molecule has 3 aliphatic rings. The van der Waals surface area contributed by atoms with Crippen molar-refractivity contribution in [3.8, 4) is 11.5 Å². The van der Waals surface area contributed by atoms with E-state index < -0.39 is 15.6 Å². The molecule has 0 aliphatic carbocycles. The number of amides is 3. The molecule has 1 aromatic carbocycles. The van der Waals surface area contributed by atoms with E-state index in [2.05, 4.69) is 5.32 Å². The van der Waals surface area contributed by atoms with Gasteiger partial charge < -0.3 is 14.8 Å². The van der Waals surface area contributed by atoms with Gasteiger partial charge in [0.1, 0.15) is 5.54 Å². The van der Waals surface area contributed by atoms with Crippen LogP contribution < -0.4 is 14.8 Å². The second kappa shape index (κ2) is 8.87. The minimum Gasteiger partial charge on any atom is -0.490 e. The van der Waals surface area contributed by atoms with Gasteiger partial charge in [0.25, 0.3) is 5.91 Å². The Morgan fingerprint density at radius 1 is 1.00 bits per heavy atom. The zero-order valence-corrected chi connectivity index (χ0v) is 19.3. The number of urea groups is 1. The molecule has 0 saturated carbocycles. The molecule has 0 spiro atoms. The van der Waals surface area contributed by atoms with Gasteiger partial charge >= 0.3 is 6.03 Å². The van der Waals surface area contributed by atoms with Crippen LogP contribution in [0.5, 0.6) is 11.5 Å². The quantitative estimate of drug-likeness (QED) is 0.628. The standard InChI is InChI=1S/C21H30N4O6S/c1-3-21(4-2)19(26)25(20(27)22-21)15-23-8-10-24(11-9-23)32(28,29)16-6-7-17-18(14-16)31-13-5-12-30-17/h6-7,14H,3-5,8-13,15H2,1-2H3,(H,22,27). The van der Waals surface area contributed by atoms with Crippen LogP contribution in [0.15, 0.2) is 23.1 Å². The zero-order chi connectivity index (χ0) is 22.9. The molecule has 2 fully saturated rings. The van der Waals surface area contributed by atoms with Crippen molar-refractivity contribution < 1.29 is 27.5 Å². The van der Waals surface area contributed by atoms with E-state index >= 15 is 0 Å². The molecule has 2 saturated heterocycles. The van der Waals surface area contributed by atoms with Crippen molar-refractivity contribution >= 4 is 22.0 Å². The second-order valence-electron chi connectivity index (χ2n) is 8.28. The van der Waals surface area contributed by atoms with E-state index in [0.29, 0.717) is 50.6 Å². The monoisotopic (exact) mass is 466 g/mol. The van der Waals surface area contributed by atoms with Crippen molar-refractivity contribution in [1.29, 1.82) is 0 Å². The van der Waals surface area contributed by atoms with Gasteiger partial charge in [-0.1, -0.05) is 13.8 Å². The molecule has 0 bridgehead atoms. The second-order valence-corrected chi connectivity index (χ2v) is 10.2. The largest absolute Gasteiger partial charge is 0.490 e. The Labute approximate surface area is 188 Å². The molecule has 0 aromatic heterocycles. The van der Waals surface area contributed by atoms with Crippen LogP contribution in [0.1, 0.15) is 33.1 Å². The van der Waals surface area contributed by atoms with Crippen LogP contribution in [-0.2, 0) is 14.8 Å². The average molecular weight is 467 g/mol. The van der Waals surface area contributed by atoms with E-state index in [1.165, 1.54) is 21.3 Å². The number of nitrogens with one attached hydrogen (secondary N) is 1. The van der Waals surface area contributed by atoms with Gasteiger partial charge in [0.15, 0.2) is 11.5 Å². The lowest BCUT2D eigenvalue weighted by atomic mass is 9.93. The molecule has 0 radical (unpaired) electrons. The number of carbonyl (C=O) groups is 2. The summed E-state index contributed by atoms with van der Waals surface area (Å²) < 4.78 is 39.0. The first-order chi connectivity index (χ1) is 15.3. The number of carbonyl (C=O) groups excluding carboxylic acids is 2. The third-order valence-electron chi connectivity index (χ3n) is 6.48. The SMILES string of the molecule is CCC1(CC)NC(=O)N(CN2CCN(S(=O)(=O)c3ccc4c(c3)OCCCO4)CC2)C1=O. The number of nitrogens with zero attached hydrogens (tertiary/aromatic N) is 3. The van der Waals surface area contributed by atoms with Crippen molar-refractivity contribution in [1.82, 2.24) is 19.4 Å². The molecule has 10 nitrogen and oxygen atoms in total. The topological polar surface area (TPSA) is 108 Å². The number of imide groups is 1. The van der Waals surface area contributed by atoms with E-state index in [-0.39, 0.29) is 36.6 Å². The van der Waals surface area contributed by atoms with Crippen molar-refractivity contribution in [3.05, 3.63) is 18.2 Å². The minimum absolute atomic E-state index is 0.157. The Kier molecular flexibility index (Phi) is 6.33. The van der Waals surface area contributed by atoms with E-state index in [4.69, 9.17) is 9.47 Å². The molecule has 3 heterocycles. The lowest BCUT2D eigenvalue weighted by Gasteiger charge is -2.35. The Hall–Kier alpha value is -2.37. The van der Waals surface area contributed by atoms with Gasteiger partial charge in [-0.3, -0.25) is 9.69 Å². The maximum Gasteiger partial charge on any atom is 0.326 e. The number of benzene rings is 1. The molecule has 1 N–H and O–H groups in total. The molecule has 1 aromatic rings. The number of sulfonamides is 1. The van der Waals surface area contributed by atoms with E-state index in [9.17, 15) is 18.0 Å². The van der Waals surface area contributed by atoms with Crippen LogP contribution in [0.25, 0.3) is 0 Å². The summed E-state index contributed by atoms with van der Waals surface area (Å²) in [6, 6.07) is 4.30. The van der Waals surface area contributed by atoms with Gasteiger partial charge in [0.2, 0.25) is 10.0 Å². The molecule has 3 amide bonds. The number of hydrogen-bond acceptors (Lipinski definition) is 7. The third kappa shape index (κ3) is 4.04. The Morgan fingerprint density at radius 2 is 1.66 bits per heavy atom. The predicted molar refractivity (Wildman–Crippen MR) is 116 cm³/mol. The maximum atomic E-state index is 13.2. The van der Waals surface area contributed by atoms with E-state index in [1.807, 2.05) is 18.7 Å². The average Bonchev–Trinajstić information content (AvgIpc) is 2.94. The van der Waals surface area contributed by atoms with Crippen LogP contribution in [0.2, 0.25) is 0 Å². The first-order valence-electron chi connectivity index (χ1n) is 11.1. The molecule has 0 unspecified atom stereocenters. The van der Waals surface area contributed by atoms with Crippen molar-refractivity contribution in [2.45, 2.75) is 43.5 Å². The lowest BCUT2D eigenvalue weighted by molar-refractivity contribution is -0.133. The minimum atomic E-state index is -3.69. The fraction of sp³-hybridized carbons (Fsp3) is 0.619. The summed E-state index contributed by atoms with van der Waals surface area (Å²) in [6.45, 7) is 6.33. The lowest BCUT2D eigenvalue weighted by Crippen LogP contribution is -2.53. The van der Waals surface area contributed by atoms with Gasteiger partial charge in [-0.25, -0.2) is 18.1 Å². The number of piperazine rings is 1. The van der Waals surface area contributed by atoms with Crippen LogP contribution in [0.3, 0.4) is 0 Å². The first kappa shape index (κ1) is 22.8. The molecular formula is C21H30N4O6S. The van der Waals surface area contributed by atoms with Gasteiger partial charge in [-0.15, -0.1) is 0 Å². The van der Waals surface area contributed by atoms with Crippen molar-refractivity contribution in [2.24, 2.45) is 0 Å². The Bertz CT molecular complexity index is 986. The van der Waals surface area contributed by atoms with E-state index in [1.54, 1.807) is 6.07 Å². The highest BCUT2D eigenvalue weighted by atomic mass is 32.2. The normalized spacial score (nSPS) is 22.0. The predicted octanol–water partition coefficient (Wildman–Crippen LogP) is 1.22. The molecule has 0 atom stereocenters. The molecule has 176 valence electrons. The summed E-state index contributed by atoms with van der Waals surface area (Å²) in [4.78, 5) is 28.5. The summed E-state index contributed by atoms with van der Waals surface area (Å²) in [7, 11) is -3.69. The maximum absolute atomic E-state index is 13.2. The van der Waals surface area contributed by atoms with Crippen LogP contribution in [0.4, 0.5) is 4.79 Å². The number of rotatable bonds is 6. The zero-order valence-electron chi connectivity index (χ0n) is 18.5. The highest BCUT2D eigenvalue weighted by molar-refractivity contribution is 7.89. The molecule has 4 rings (SSSR count). The summed E-state index contributed by atoms with van der Waals surface area (Å²) in [5.41, 5.74) is -0.834. The van der Waals surface area contributed by atoms with Gasteiger partial charge in [0, 0.05) is 38.7 Å².